The van der Waals surface area contributed by atoms with Gasteiger partial charge in [-0.1, -0.05) is 22.0 Å². The zero-order chi connectivity index (χ0) is 12.3. The topological polar surface area (TPSA) is 46.2 Å². The van der Waals surface area contributed by atoms with Crippen molar-refractivity contribution < 1.29 is 12.8 Å². The number of nitrogens with one attached hydrogen (secondary N) is 1. The molecule has 0 aliphatic carbocycles. The summed E-state index contributed by atoms with van der Waals surface area (Å²) in [5.41, 5.74) is 0. The number of halogens is 2. The SMILES string of the molecule is C=CC(C)NS(=O)(=O)c1ccc(Br)cc1F. The number of hydrogen-bond donors (Lipinski definition) is 1. The van der Waals surface area contributed by atoms with Gasteiger partial charge < -0.3 is 0 Å². The summed E-state index contributed by atoms with van der Waals surface area (Å²) in [5, 5.41) is 0. The molecule has 0 bridgehead atoms. The van der Waals surface area contributed by atoms with Gasteiger partial charge in [0.25, 0.3) is 0 Å². The lowest BCUT2D eigenvalue weighted by Crippen LogP contribution is -2.31. The van der Waals surface area contributed by atoms with Crippen molar-refractivity contribution in [3.63, 3.8) is 0 Å². The molecule has 3 nitrogen and oxygen atoms in total. The van der Waals surface area contributed by atoms with Crippen molar-refractivity contribution in [2.45, 2.75) is 17.9 Å². The van der Waals surface area contributed by atoms with Gasteiger partial charge in [0.05, 0.1) is 0 Å². The summed E-state index contributed by atoms with van der Waals surface area (Å²) in [4.78, 5) is -0.371. The highest BCUT2D eigenvalue weighted by Gasteiger charge is 2.20. The van der Waals surface area contributed by atoms with Crippen LogP contribution in [0.15, 0.2) is 40.2 Å². The summed E-state index contributed by atoms with van der Waals surface area (Å²) in [7, 11) is -3.84. The molecule has 1 unspecified atom stereocenters. The zero-order valence-electron chi connectivity index (χ0n) is 8.57. The molecule has 1 rings (SSSR count). The highest BCUT2D eigenvalue weighted by Crippen LogP contribution is 2.19. The summed E-state index contributed by atoms with van der Waals surface area (Å²) >= 11 is 3.06. The third-order valence-corrected chi connectivity index (χ3v) is 3.96. The summed E-state index contributed by atoms with van der Waals surface area (Å²) in [5.74, 6) is -0.793. The standard InChI is InChI=1S/C10H11BrFNO2S/c1-3-7(2)13-16(14,15)10-5-4-8(11)6-9(10)12/h3-7,13H,1H2,2H3. The van der Waals surface area contributed by atoms with Crippen LogP contribution in [0, 0.1) is 5.82 Å². The second kappa shape index (κ2) is 5.07. The van der Waals surface area contributed by atoms with Crippen molar-refractivity contribution in [1.82, 2.24) is 4.72 Å². The molecule has 88 valence electrons. The Morgan fingerprint density at radius 3 is 2.69 bits per heavy atom. The van der Waals surface area contributed by atoms with Crippen molar-refractivity contribution in [2.24, 2.45) is 0 Å². The molecule has 0 aliphatic rings. The minimum absolute atomic E-state index is 0.371. The van der Waals surface area contributed by atoms with E-state index in [-0.39, 0.29) is 4.90 Å². The van der Waals surface area contributed by atoms with Gasteiger partial charge in [-0.15, -0.1) is 6.58 Å². The van der Waals surface area contributed by atoms with Gasteiger partial charge >= 0.3 is 0 Å². The molecule has 6 heteroatoms. The van der Waals surface area contributed by atoms with Gasteiger partial charge in [-0.3, -0.25) is 0 Å². The highest BCUT2D eigenvalue weighted by atomic mass is 79.9. The molecule has 0 fully saturated rings. The number of rotatable bonds is 4. The van der Waals surface area contributed by atoms with Crippen molar-refractivity contribution in [3.05, 3.63) is 41.1 Å². The molecular weight excluding hydrogens is 297 g/mol. The average Bonchev–Trinajstić information content (AvgIpc) is 2.16. The third kappa shape index (κ3) is 3.13. The largest absolute Gasteiger partial charge is 0.244 e. The van der Waals surface area contributed by atoms with E-state index in [2.05, 4.69) is 27.2 Å². The van der Waals surface area contributed by atoms with Crippen LogP contribution in [0.1, 0.15) is 6.92 Å². The predicted molar refractivity (Wildman–Crippen MR) is 64.1 cm³/mol. The Labute approximate surface area is 103 Å². The van der Waals surface area contributed by atoms with Crippen LogP contribution in [0.5, 0.6) is 0 Å². The number of benzene rings is 1. The monoisotopic (exact) mass is 307 g/mol. The minimum atomic E-state index is -3.84. The molecule has 16 heavy (non-hydrogen) atoms. The molecule has 0 heterocycles. The molecule has 1 aromatic rings. The Morgan fingerprint density at radius 2 is 2.19 bits per heavy atom. The molecule has 0 amide bonds. The zero-order valence-corrected chi connectivity index (χ0v) is 11.0. The quantitative estimate of drug-likeness (QED) is 0.869. The Bertz CT molecular complexity index is 502. The number of hydrogen-bond acceptors (Lipinski definition) is 2. The van der Waals surface area contributed by atoms with E-state index < -0.39 is 21.9 Å². The summed E-state index contributed by atoms with van der Waals surface area (Å²) in [6, 6.07) is 3.33. The van der Waals surface area contributed by atoms with Crippen LogP contribution in [0.3, 0.4) is 0 Å². The molecule has 0 saturated carbocycles. The molecule has 0 aromatic heterocycles. The van der Waals surface area contributed by atoms with Gasteiger partial charge in [0.1, 0.15) is 10.7 Å². The number of sulfonamides is 1. The molecule has 1 N–H and O–H groups in total. The van der Waals surface area contributed by atoms with E-state index in [9.17, 15) is 12.8 Å². The molecule has 1 aromatic carbocycles. The summed E-state index contributed by atoms with van der Waals surface area (Å²) in [6.07, 6.45) is 1.42. The normalized spacial score (nSPS) is 13.4. The molecule has 0 aliphatic heterocycles. The molecule has 0 spiro atoms. The maximum Gasteiger partial charge on any atom is 0.244 e. The third-order valence-electron chi connectivity index (χ3n) is 1.88. The Balaban J connectivity index is 3.12. The summed E-state index contributed by atoms with van der Waals surface area (Å²) < 4.78 is 39.6. The van der Waals surface area contributed by atoms with Crippen LogP contribution in [0.4, 0.5) is 4.39 Å². The molecule has 0 radical (unpaired) electrons. The smallest absolute Gasteiger partial charge is 0.207 e. The van der Waals surface area contributed by atoms with Crippen LogP contribution >= 0.6 is 15.9 Å². The minimum Gasteiger partial charge on any atom is -0.207 e. The second-order valence-corrected chi connectivity index (χ2v) is 5.82. The van der Waals surface area contributed by atoms with Gasteiger partial charge in [-0.25, -0.2) is 17.5 Å². The van der Waals surface area contributed by atoms with E-state index >= 15 is 0 Å². The lowest BCUT2D eigenvalue weighted by molar-refractivity contribution is 0.553. The van der Waals surface area contributed by atoms with Crippen molar-refractivity contribution in [3.8, 4) is 0 Å². The van der Waals surface area contributed by atoms with Crippen LogP contribution in [0.25, 0.3) is 0 Å². The first-order chi connectivity index (χ1) is 7.36. The van der Waals surface area contributed by atoms with E-state index in [1.54, 1.807) is 6.92 Å². The van der Waals surface area contributed by atoms with Crippen LogP contribution in [-0.4, -0.2) is 14.5 Å². The Kier molecular flexibility index (Phi) is 4.23. The Morgan fingerprint density at radius 1 is 1.56 bits per heavy atom. The van der Waals surface area contributed by atoms with Gasteiger partial charge in [0.2, 0.25) is 10.0 Å². The first-order valence-electron chi connectivity index (χ1n) is 4.47. The maximum atomic E-state index is 13.4. The van der Waals surface area contributed by atoms with Crippen LogP contribution in [0.2, 0.25) is 0 Å². The molecule has 1 atom stereocenters. The fourth-order valence-electron chi connectivity index (χ4n) is 1.05. The molecular formula is C10H11BrFNO2S. The van der Waals surface area contributed by atoms with E-state index in [0.29, 0.717) is 4.47 Å². The lowest BCUT2D eigenvalue weighted by Gasteiger charge is -2.10. The predicted octanol–water partition coefficient (Wildman–Crippen LogP) is 2.44. The van der Waals surface area contributed by atoms with Gasteiger partial charge in [-0.2, -0.15) is 0 Å². The van der Waals surface area contributed by atoms with E-state index in [0.717, 1.165) is 6.07 Å². The van der Waals surface area contributed by atoms with Crippen molar-refractivity contribution in [2.75, 3.05) is 0 Å². The van der Waals surface area contributed by atoms with Gasteiger partial charge in [0.15, 0.2) is 0 Å². The van der Waals surface area contributed by atoms with E-state index in [1.165, 1.54) is 18.2 Å². The Hall–Kier alpha value is -0.720. The fraction of sp³-hybridized carbons (Fsp3) is 0.200. The van der Waals surface area contributed by atoms with E-state index in [4.69, 9.17) is 0 Å². The molecule has 0 saturated heterocycles. The van der Waals surface area contributed by atoms with Crippen LogP contribution in [-0.2, 0) is 10.0 Å². The van der Waals surface area contributed by atoms with Crippen LogP contribution < -0.4 is 4.72 Å². The fourth-order valence-corrected chi connectivity index (χ4v) is 2.66. The van der Waals surface area contributed by atoms with Crippen molar-refractivity contribution in [1.29, 1.82) is 0 Å². The van der Waals surface area contributed by atoms with Gasteiger partial charge in [-0.05, 0) is 25.1 Å². The summed E-state index contributed by atoms with van der Waals surface area (Å²) in [6.45, 7) is 5.06. The average molecular weight is 308 g/mol. The van der Waals surface area contributed by atoms with Gasteiger partial charge in [0, 0.05) is 10.5 Å². The second-order valence-electron chi connectivity index (χ2n) is 3.22. The van der Waals surface area contributed by atoms with E-state index in [1.807, 2.05) is 0 Å². The van der Waals surface area contributed by atoms with Crippen molar-refractivity contribution >= 4 is 26.0 Å². The highest BCUT2D eigenvalue weighted by molar-refractivity contribution is 9.10. The first-order valence-corrected chi connectivity index (χ1v) is 6.74. The lowest BCUT2D eigenvalue weighted by atomic mass is 10.3. The maximum absolute atomic E-state index is 13.4. The first kappa shape index (κ1) is 13.3.